The number of H-pyrrole nitrogens is 1. The Labute approximate surface area is 120 Å². The predicted octanol–water partition coefficient (Wildman–Crippen LogP) is 4.44. The molecule has 5 heteroatoms. The molecule has 0 saturated heterocycles. The number of benzene rings is 1. The van der Waals surface area contributed by atoms with Crippen molar-refractivity contribution < 1.29 is 4.74 Å². The van der Waals surface area contributed by atoms with Crippen LogP contribution in [0.2, 0.25) is 5.02 Å². The Kier molecular flexibility index (Phi) is 4.55. The van der Waals surface area contributed by atoms with Gasteiger partial charge in [-0.15, -0.1) is 0 Å². The highest BCUT2D eigenvalue weighted by Gasteiger charge is 2.10. The van der Waals surface area contributed by atoms with Crippen LogP contribution in [0.15, 0.2) is 34.9 Å². The second-order valence-corrected chi connectivity index (χ2v) is 5.04. The lowest BCUT2D eigenvalue weighted by Crippen LogP contribution is -2.03. The molecule has 96 valence electrons. The molecule has 0 aliphatic rings. The van der Waals surface area contributed by atoms with E-state index in [0.29, 0.717) is 18.2 Å². The number of anilines is 1. The monoisotopic (exact) mass is 328 g/mol. The van der Waals surface area contributed by atoms with Gasteiger partial charge in [0.1, 0.15) is 0 Å². The van der Waals surface area contributed by atoms with Crippen LogP contribution in [0.3, 0.4) is 0 Å². The second kappa shape index (κ2) is 6.16. The molecule has 0 saturated carbocycles. The molecule has 3 nitrogen and oxygen atoms in total. The van der Waals surface area contributed by atoms with E-state index in [-0.39, 0.29) is 0 Å². The van der Waals surface area contributed by atoms with Gasteiger partial charge in [0.15, 0.2) is 5.75 Å². The van der Waals surface area contributed by atoms with Crippen molar-refractivity contribution in [3.05, 3.63) is 45.7 Å². The van der Waals surface area contributed by atoms with E-state index in [1.807, 2.05) is 37.4 Å². The normalized spacial score (nSPS) is 10.4. The first-order valence-electron chi connectivity index (χ1n) is 5.68. The molecule has 1 aromatic carbocycles. The summed E-state index contributed by atoms with van der Waals surface area (Å²) in [6.45, 7) is 3.26. The number of nitrogens with one attached hydrogen (secondary N) is 2. The van der Waals surface area contributed by atoms with Gasteiger partial charge in [0.25, 0.3) is 0 Å². The van der Waals surface area contributed by atoms with Crippen LogP contribution in [0.25, 0.3) is 0 Å². The van der Waals surface area contributed by atoms with E-state index < -0.39 is 0 Å². The molecule has 0 atom stereocenters. The smallest absolute Gasteiger partial charge is 0.156 e. The topological polar surface area (TPSA) is 37.0 Å². The van der Waals surface area contributed by atoms with Gasteiger partial charge in [-0.25, -0.2) is 0 Å². The highest BCUT2D eigenvalue weighted by molar-refractivity contribution is 9.10. The first-order valence-corrected chi connectivity index (χ1v) is 6.85. The molecule has 18 heavy (non-hydrogen) atoms. The number of aromatic amines is 1. The molecule has 0 radical (unpaired) electrons. The third-order valence-electron chi connectivity index (χ3n) is 2.43. The van der Waals surface area contributed by atoms with Crippen molar-refractivity contribution in [1.82, 2.24) is 4.98 Å². The lowest BCUT2D eigenvalue weighted by molar-refractivity contribution is 0.339. The SMILES string of the molecule is CCOc1c(Br)cc(Cl)cc1NCc1ccc[nH]1. The molecule has 1 aromatic heterocycles. The molecular formula is C13H14BrClN2O. The van der Waals surface area contributed by atoms with Crippen molar-refractivity contribution in [3.8, 4) is 5.75 Å². The maximum absolute atomic E-state index is 6.05. The van der Waals surface area contributed by atoms with Gasteiger partial charge in [0.05, 0.1) is 23.3 Å². The van der Waals surface area contributed by atoms with Gasteiger partial charge in [0, 0.05) is 16.9 Å². The van der Waals surface area contributed by atoms with E-state index in [2.05, 4.69) is 26.2 Å². The second-order valence-electron chi connectivity index (χ2n) is 3.75. The van der Waals surface area contributed by atoms with Crippen molar-refractivity contribution >= 4 is 33.2 Å². The summed E-state index contributed by atoms with van der Waals surface area (Å²) in [5, 5.41) is 3.98. The standard InChI is InChI=1S/C13H14BrClN2O/c1-2-18-13-11(14)6-9(15)7-12(13)17-8-10-4-3-5-16-10/h3-7,16-17H,2,8H2,1H3. The summed E-state index contributed by atoms with van der Waals surface area (Å²) in [6.07, 6.45) is 1.90. The molecule has 0 spiro atoms. The number of hydrogen-bond acceptors (Lipinski definition) is 2. The zero-order chi connectivity index (χ0) is 13.0. The molecule has 2 aromatic rings. The summed E-state index contributed by atoms with van der Waals surface area (Å²) in [7, 11) is 0. The average molecular weight is 330 g/mol. The third-order valence-corrected chi connectivity index (χ3v) is 3.24. The third kappa shape index (κ3) is 3.21. The molecule has 0 bridgehead atoms. The van der Waals surface area contributed by atoms with E-state index in [1.54, 1.807) is 0 Å². The zero-order valence-corrected chi connectivity index (χ0v) is 12.3. The highest BCUT2D eigenvalue weighted by Crippen LogP contribution is 2.36. The minimum absolute atomic E-state index is 0.609. The summed E-state index contributed by atoms with van der Waals surface area (Å²) in [5.41, 5.74) is 1.99. The van der Waals surface area contributed by atoms with E-state index in [0.717, 1.165) is 21.6 Å². The highest BCUT2D eigenvalue weighted by atomic mass is 79.9. The van der Waals surface area contributed by atoms with Crippen LogP contribution in [0.4, 0.5) is 5.69 Å². The fraction of sp³-hybridized carbons (Fsp3) is 0.231. The zero-order valence-electron chi connectivity index (χ0n) is 9.97. The average Bonchev–Trinajstić information content (AvgIpc) is 2.83. The first-order chi connectivity index (χ1) is 8.70. The Bertz CT molecular complexity index is 514. The summed E-state index contributed by atoms with van der Waals surface area (Å²) in [5.74, 6) is 0.786. The largest absolute Gasteiger partial charge is 0.491 e. The molecule has 1 heterocycles. The maximum Gasteiger partial charge on any atom is 0.156 e. The lowest BCUT2D eigenvalue weighted by Gasteiger charge is -2.14. The summed E-state index contributed by atoms with van der Waals surface area (Å²) in [4.78, 5) is 3.14. The Morgan fingerprint density at radius 3 is 2.94 bits per heavy atom. The Morgan fingerprint density at radius 1 is 1.44 bits per heavy atom. The molecule has 0 unspecified atom stereocenters. The van der Waals surface area contributed by atoms with Crippen LogP contribution in [-0.2, 0) is 6.54 Å². The summed E-state index contributed by atoms with van der Waals surface area (Å²) < 4.78 is 6.47. The van der Waals surface area contributed by atoms with Crippen LogP contribution in [-0.4, -0.2) is 11.6 Å². The van der Waals surface area contributed by atoms with E-state index in [1.165, 1.54) is 0 Å². The molecule has 2 N–H and O–H groups in total. The van der Waals surface area contributed by atoms with Gasteiger partial charge >= 0.3 is 0 Å². The number of ether oxygens (including phenoxy) is 1. The van der Waals surface area contributed by atoms with Gasteiger partial charge in [0.2, 0.25) is 0 Å². The molecule has 0 amide bonds. The van der Waals surface area contributed by atoms with Crippen molar-refractivity contribution in [2.75, 3.05) is 11.9 Å². The Morgan fingerprint density at radius 2 is 2.28 bits per heavy atom. The quantitative estimate of drug-likeness (QED) is 0.851. The number of rotatable bonds is 5. The van der Waals surface area contributed by atoms with E-state index >= 15 is 0 Å². The molecule has 0 aliphatic carbocycles. The van der Waals surface area contributed by atoms with E-state index in [9.17, 15) is 0 Å². The maximum atomic E-state index is 6.05. The van der Waals surface area contributed by atoms with Gasteiger partial charge < -0.3 is 15.0 Å². The van der Waals surface area contributed by atoms with Crippen molar-refractivity contribution in [1.29, 1.82) is 0 Å². The molecule has 0 fully saturated rings. The fourth-order valence-electron chi connectivity index (χ4n) is 1.65. The van der Waals surface area contributed by atoms with Crippen LogP contribution < -0.4 is 10.1 Å². The molecular weight excluding hydrogens is 316 g/mol. The molecule has 0 aliphatic heterocycles. The van der Waals surface area contributed by atoms with Crippen molar-refractivity contribution in [3.63, 3.8) is 0 Å². The van der Waals surface area contributed by atoms with Crippen LogP contribution in [0.5, 0.6) is 5.75 Å². The van der Waals surface area contributed by atoms with Gasteiger partial charge in [-0.2, -0.15) is 0 Å². The molecule has 2 rings (SSSR count). The number of halogens is 2. The first kappa shape index (κ1) is 13.3. The number of hydrogen-bond donors (Lipinski definition) is 2. The lowest BCUT2D eigenvalue weighted by atomic mass is 10.3. The van der Waals surface area contributed by atoms with Crippen LogP contribution in [0, 0.1) is 0 Å². The van der Waals surface area contributed by atoms with E-state index in [4.69, 9.17) is 16.3 Å². The Hall–Kier alpha value is -1.13. The van der Waals surface area contributed by atoms with Crippen molar-refractivity contribution in [2.24, 2.45) is 0 Å². The summed E-state index contributed by atoms with van der Waals surface area (Å²) in [6, 6.07) is 7.67. The van der Waals surface area contributed by atoms with Crippen LogP contribution >= 0.6 is 27.5 Å². The minimum Gasteiger partial charge on any atom is -0.491 e. The van der Waals surface area contributed by atoms with Gasteiger partial charge in [-0.05, 0) is 47.1 Å². The minimum atomic E-state index is 0.609. The van der Waals surface area contributed by atoms with Crippen LogP contribution in [0.1, 0.15) is 12.6 Å². The Balaban J connectivity index is 2.19. The van der Waals surface area contributed by atoms with Gasteiger partial charge in [-0.3, -0.25) is 0 Å². The van der Waals surface area contributed by atoms with Gasteiger partial charge in [-0.1, -0.05) is 11.6 Å². The predicted molar refractivity (Wildman–Crippen MR) is 78.4 cm³/mol. The summed E-state index contributed by atoms with van der Waals surface area (Å²) >= 11 is 9.51. The van der Waals surface area contributed by atoms with Crippen molar-refractivity contribution in [2.45, 2.75) is 13.5 Å². The fourth-order valence-corrected chi connectivity index (χ4v) is 2.58. The number of aromatic nitrogens is 1.